The van der Waals surface area contributed by atoms with Crippen molar-refractivity contribution in [3.05, 3.63) is 69.7 Å². The minimum atomic E-state index is -2.82. The molecule has 0 unspecified atom stereocenters. The van der Waals surface area contributed by atoms with Gasteiger partial charge in [0.05, 0.1) is 10.7 Å². The van der Waals surface area contributed by atoms with E-state index in [-0.39, 0.29) is 11.5 Å². The molecule has 1 heterocycles. The molecule has 3 aromatic rings. The van der Waals surface area contributed by atoms with Crippen molar-refractivity contribution in [2.75, 3.05) is 11.9 Å². The summed E-state index contributed by atoms with van der Waals surface area (Å²) in [5.74, 6) is 1.73. The SMILES string of the molecule is C#CCO/N=C(/C)c1ccc(-c2ccccc2NC(=O)c2sc(C)nc2C(F)F)cc1. The lowest BCUT2D eigenvalue weighted by atomic mass is 10.0. The molecule has 158 valence electrons. The van der Waals surface area contributed by atoms with Crippen molar-refractivity contribution < 1.29 is 18.4 Å². The summed E-state index contributed by atoms with van der Waals surface area (Å²) in [6, 6.07) is 14.6. The highest BCUT2D eigenvalue weighted by molar-refractivity contribution is 7.13. The molecule has 0 saturated carbocycles. The molecule has 0 saturated heterocycles. The predicted molar refractivity (Wildman–Crippen MR) is 119 cm³/mol. The fraction of sp³-hybridized carbons (Fsp3) is 0.174. The Labute approximate surface area is 182 Å². The second-order valence-corrected chi connectivity index (χ2v) is 7.68. The van der Waals surface area contributed by atoms with Gasteiger partial charge in [-0.3, -0.25) is 4.79 Å². The summed E-state index contributed by atoms with van der Waals surface area (Å²) >= 11 is 0.944. The van der Waals surface area contributed by atoms with Gasteiger partial charge in [-0.2, -0.15) is 0 Å². The molecule has 1 aromatic heterocycles. The number of terminal acetylenes is 1. The van der Waals surface area contributed by atoms with E-state index in [0.29, 0.717) is 16.4 Å². The zero-order chi connectivity index (χ0) is 22.4. The second-order valence-electron chi connectivity index (χ2n) is 6.48. The summed E-state index contributed by atoms with van der Waals surface area (Å²) in [6.07, 6.45) is 2.32. The summed E-state index contributed by atoms with van der Waals surface area (Å²) in [4.78, 5) is 21.4. The third-order valence-electron chi connectivity index (χ3n) is 4.31. The largest absolute Gasteiger partial charge is 0.382 e. The van der Waals surface area contributed by atoms with Gasteiger partial charge < -0.3 is 10.2 Å². The van der Waals surface area contributed by atoms with Crippen LogP contribution >= 0.6 is 11.3 Å². The van der Waals surface area contributed by atoms with Gasteiger partial charge in [0.25, 0.3) is 12.3 Å². The number of oxime groups is 1. The number of para-hydroxylation sites is 1. The number of alkyl halides is 2. The first-order chi connectivity index (χ1) is 14.9. The fourth-order valence-corrected chi connectivity index (χ4v) is 3.71. The van der Waals surface area contributed by atoms with E-state index in [0.717, 1.165) is 28.0 Å². The number of thiazole rings is 1. The molecule has 1 N–H and O–H groups in total. The third kappa shape index (κ3) is 5.32. The first-order valence-electron chi connectivity index (χ1n) is 9.27. The van der Waals surface area contributed by atoms with E-state index in [1.165, 1.54) is 0 Å². The number of halogens is 2. The number of amides is 1. The molecule has 0 atom stereocenters. The molecular weight excluding hydrogens is 420 g/mol. The van der Waals surface area contributed by atoms with Gasteiger partial charge >= 0.3 is 0 Å². The van der Waals surface area contributed by atoms with Crippen LogP contribution in [0.3, 0.4) is 0 Å². The molecule has 0 aliphatic heterocycles. The van der Waals surface area contributed by atoms with Crippen LogP contribution in [0.15, 0.2) is 53.7 Å². The number of hydrogen-bond acceptors (Lipinski definition) is 5. The summed E-state index contributed by atoms with van der Waals surface area (Å²) in [5, 5.41) is 7.10. The van der Waals surface area contributed by atoms with Crippen LogP contribution in [0.5, 0.6) is 0 Å². The normalized spacial score (nSPS) is 11.3. The van der Waals surface area contributed by atoms with Crippen LogP contribution in [-0.4, -0.2) is 23.2 Å². The number of anilines is 1. The summed E-state index contributed by atoms with van der Waals surface area (Å²) in [6.45, 7) is 3.48. The standard InChI is InChI=1S/C23H19F2N3O2S/c1-4-13-30-28-14(2)16-9-11-17(12-10-16)18-7-5-6-8-19(18)27-23(29)21-20(22(24)25)26-15(3)31-21/h1,5-12,22H,13H2,2-3H3,(H,27,29)/b28-14-. The number of rotatable bonds is 7. The Morgan fingerprint density at radius 3 is 2.65 bits per heavy atom. The maximum atomic E-state index is 13.2. The van der Waals surface area contributed by atoms with E-state index >= 15 is 0 Å². The van der Waals surface area contributed by atoms with Crippen molar-refractivity contribution in [2.24, 2.45) is 5.16 Å². The van der Waals surface area contributed by atoms with Crippen molar-refractivity contribution in [2.45, 2.75) is 20.3 Å². The number of carbonyl (C=O) groups is 1. The van der Waals surface area contributed by atoms with Crippen LogP contribution in [-0.2, 0) is 4.84 Å². The number of benzene rings is 2. The zero-order valence-corrected chi connectivity index (χ0v) is 17.7. The van der Waals surface area contributed by atoms with Gasteiger partial charge in [-0.15, -0.1) is 17.8 Å². The van der Waals surface area contributed by atoms with E-state index in [9.17, 15) is 13.6 Å². The molecule has 31 heavy (non-hydrogen) atoms. The van der Waals surface area contributed by atoms with E-state index in [2.05, 4.69) is 21.4 Å². The second kappa shape index (κ2) is 9.96. The van der Waals surface area contributed by atoms with E-state index in [1.54, 1.807) is 26.0 Å². The Hall–Kier alpha value is -3.57. The Kier molecular flexibility index (Phi) is 7.11. The average molecular weight is 439 g/mol. The molecule has 0 aliphatic carbocycles. The van der Waals surface area contributed by atoms with Crippen LogP contribution < -0.4 is 5.32 Å². The summed E-state index contributed by atoms with van der Waals surface area (Å²) in [7, 11) is 0. The highest BCUT2D eigenvalue weighted by Gasteiger charge is 2.24. The molecule has 3 rings (SSSR count). The van der Waals surface area contributed by atoms with Crippen molar-refractivity contribution in [1.29, 1.82) is 0 Å². The lowest BCUT2D eigenvalue weighted by Gasteiger charge is -2.12. The van der Waals surface area contributed by atoms with Gasteiger partial charge in [-0.05, 0) is 31.0 Å². The fourth-order valence-electron chi connectivity index (χ4n) is 2.89. The number of nitrogens with one attached hydrogen (secondary N) is 1. The first kappa shape index (κ1) is 22.1. The summed E-state index contributed by atoms with van der Waals surface area (Å²) < 4.78 is 26.4. The van der Waals surface area contributed by atoms with Gasteiger partial charge in [-0.25, -0.2) is 13.8 Å². The van der Waals surface area contributed by atoms with Crippen molar-refractivity contribution in [3.8, 4) is 23.5 Å². The molecule has 0 bridgehead atoms. The minimum Gasteiger partial charge on any atom is -0.382 e. The van der Waals surface area contributed by atoms with Crippen LogP contribution in [0.1, 0.15) is 39.3 Å². The molecule has 0 radical (unpaired) electrons. The van der Waals surface area contributed by atoms with Crippen molar-refractivity contribution in [3.63, 3.8) is 0 Å². The first-order valence-corrected chi connectivity index (χ1v) is 10.1. The molecule has 0 spiro atoms. The highest BCUT2D eigenvalue weighted by Crippen LogP contribution is 2.31. The molecule has 8 heteroatoms. The molecule has 1 amide bonds. The smallest absolute Gasteiger partial charge is 0.282 e. The number of aryl methyl sites for hydroxylation is 1. The van der Waals surface area contributed by atoms with Gasteiger partial charge in [-0.1, -0.05) is 53.5 Å². The third-order valence-corrected chi connectivity index (χ3v) is 5.30. The van der Waals surface area contributed by atoms with Crippen LogP contribution in [0.4, 0.5) is 14.5 Å². The van der Waals surface area contributed by atoms with Gasteiger partial charge in [0.15, 0.2) is 6.61 Å². The maximum absolute atomic E-state index is 13.2. The van der Waals surface area contributed by atoms with E-state index in [1.807, 2.05) is 36.4 Å². The molecular formula is C23H19F2N3O2S. The Bertz CT molecular complexity index is 1150. The van der Waals surface area contributed by atoms with Crippen LogP contribution in [0.2, 0.25) is 0 Å². The minimum absolute atomic E-state index is 0.0866. The molecule has 5 nitrogen and oxygen atoms in total. The number of aromatic nitrogens is 1. The van der Waals surface area contributed by atoms with E-state index < -0.39 is 18.0 Å². The topological polar surface area (TPSA) is 63.6 Å². The lowest BCUT2D eigenvalue weighted by Crippen LogP contribution is -2.13. The molecule has 0 aliphatic rings. The Balaban J connectivity index is 1.85. The average Bonchev–Trinajstić information content (AvgIpc) is 3.17. The maximum Gasteiger partial charge on any atom is 0.282 e. The number of nitrogens with zero attached hydrogens (tertiary/aromatic N) is 2. The van der Waals surface area contributed by atoms with Gasteiger partial charge in [0.1, 0.15) is 10.6 Å². The van der Waals surface area contributed by atoms with Crippen LogP contribution in [0, 0.1) is 19.3 Å². The monoisotopic (exact) mass is 439 g/mol. The highest BCUT2D eigenvalue weighted by atomic mass is 32.1. The van der Waals surface area contributed by atoms with Gasteiger partial charge in [0, 0.05) is 11.3 Å². The Morgan fingerprint density at radius 1 is 1.26 bits per heavy atom. The van der Waals surface area contributed by atoms with Crippen LogP contribution in [0.25, 0.3) is 11.1 Å². The quantitative estimate of drug-likeness (QED) is 0.223. The van der Waals surface area contributed by atoms with Gasteiger partial charge in [0.2, 0.25) is 0 Å². The number of hydrogen-bond donors (Lipinski definition) is 1. The van der Waals surface area contributed by atoms with Crippen molar-refractivity contribution in [1.82, 2.24) is 4.98 Å². The predicted octanol–water partition coefficient (Wildman–Crippen LogP) is 5.68. The Morgan fingerprint density at radius 2 is 1.97 bits per heavy atom. The molecule has 0 fully saturated rings. The molecule has 2 aromatic carbocycles. The van der Waals surface area contributed by atoms with Crippen molar-refractivity contribution >= 4 is 28.6 Å². The summed E-state index contributed by atoms with van der Waals surface area (Å²) in [5.41, 5.74) is 3.12. The lowest BCUT2D eigenvalue weighted by molar-refractivity contribution is 0.101. The number of carbonyl (C=O) groups excluding carboxylic acids is 1. The zero-order valence-electron chi connectivity index (χ0n) is 16.9. The van der Waals surface area contributed by atoms with E-state index in [4.69, 9.17) is 11.3 Å².